The van der Waals surface area contributed by atoms with Crippen LogP contribution in [0.4, 0.5) is 0 Å². The third kappa shape index (κ3) is 7.51. The first-order chi connectivity index (χ1) is 30.5. The number of hydrogen-bond acceptors (Lipinski definition) is 3. The summed E-state index contributed by atoms with van der Waals surface area (Å²) in [6.45, 7) is 9.59. The number of benzene rings is 6. The molecule has 0 atom stereocenters. The molecule has 0 aliphatic rings. The standard InChI is InChI=1S/C51H46N3O.Pt/c1-33-20-22-35(23-21-33)37-26-27-52-44(32-37)39-28-38(29-40(30-39)50(2,3)4)41-17-13-18-46-48(41)53-49(42-16-11-12-19-47(42)55)54(46)45-25-24-36(31-43(45)51(5,6)7)34-14-9-8-10-15-34;/h8-27,29-32,55H,1-7H3;/q-1;/i1D3,20D,21D,22D,23D,26D,27D,32D;. The van der Waals surface area contributed by atoms with Crippen LogP contribution < -0.4 is 0 Å². The van der Waals surface area contributed by atoms with E-state index in [1.807, 2.05) is 75.4 Å². The van der Waals surface area contributed by atoms with Crippen LogP contribution in [-0.2, 0) is 31.9 Å². The summed E-state index contributed by atoms with van der Waals surface area (Å²) < 4.78 is 87.4. The summed E-state index contributed by atoms with van der Waals surface area (Å²) in [7, 11) is 0. The van der Waals surface area contributed by atoms with E-state index in [-0.39, 0.29) is 49.1 Å². The number of phenolic OH excluding ortho intramolecular Hbond substituents is 1. The van der Waals surface area contributed by atoms with E-state index in [1.165, 1.54) is 0 Å². The average molecular weight is 922 g/mol. The Balaban J connectivity index is 0.00000648. The van der Waals surface area contributed by atoms with Gasteiger partial charge in [-0.15, -0.1) is 29.3 Å². The van der Waals surface area contributed by atoms with E-state index in [0.29, 0.717) is 28.0 Å². The number of para-hydroxylation sites is 2. The molecule has 2 aromatic heterocycles. The third-order valence-electron chi connectivity index (χ3n) is 9.73. The van der Waals surface area contributed by atoms with Crippen molar-refractivity contribution in [1.82, 2.24) is 14.5 Å². The van der Waals surface area contributed by atoms with Crippen LogP contribution in [0.25, 0.3) is 72.7 Å². The zero-order chi connectivity index (χ0) is 47.1. The maximum absolute atomic E-state index is 11.4. The van der Waals surface area contributed by atoms with Crippen molar-refractivity contribution in [2.24, 2.45) is 0 Å². The van der Waals surface area contributed by atoms with Gasteiger partial charge in [0.15, 0.2) is 0 Å². The summed E-state index contributed by atoms with van der Waals surface area (Å²) in [4.78, 5) is 9.70. The van der Waals surface area contributed by atoms with Gasteiger partial charge in [0.1, 0.15) is 11.6 Å². The number of phenols is 1. The van der Waals surface area contributed by atoms with Crippen LogP contribution in [0.15, 0.2) is 146 Å². The van der Waals surface area contributed by atoms with Crippen molar-refractivity contribution in [3.63, 3.8) is 0 Å². The van der Waals surface area contributed by atoms with Crippen molar-refractivity contribution in [1.29, 1.82) is 0 Å². The van der Waals surface area contributed by atoms with Crippen LogP contribution in [0.1, 0.15) is 71.9 Å². The quantitative estimate of drug-likeness (QED) is 0.169. The van der Waals surface area contributed by atoms with Crippen molar-refractivity contribution in [3.8, 4) is 67.5 Å². The van der Waals surface area contributed by atoms with Gasteiger partial charge in [-0.3, -0.25) is 9.55 Å². The van der Waals surface area contributed by atoms with Gasteiger partial charge in [-0.25, -0.2) is 4.98 Å². The van der Waals surface area contributed by atoms with Gasteiger partial charge in [-0.05, 0) is 81.9 Å². The number of hydrogen-bond donors (Lipinski definition) is 1. The molecule has 0 amide bonds. The monoisotopic (exact) mass is 921 g/mol. The number of imidazole rings is 1. The maximum atomic E-state index is 11.4. The molecule has 0 saturated heterocycles. The second kappa shape index (κ2) is 15.2. The van der Waals surface area contributed by atoms with Crippen molar-refractivity contribution in [2.75, 3.05) is 0 Å². The fourth-order valence-corrected chi connectivity index (χ4v) is 6.83. The van der Waals surface area contributed by atoms with E-state index in [4.69, 9.17) is 17.3 Å². The van der Waals surface area contributed by atoms with Crippen molar-refractivity contribution in [3.05, 3.63) is 168 Å². The number of pyridine rings is 1. The molecule has 0 bridgehead atoms. The van der Waals surface area contributed by atoms with E-state index >= 15 is 0 Å². The molecule has 1 N–H and O–H groups in total. The molecular weight excluding hydrogens is 866 g/mol. The van der Waals surface area contributed by atoms with Gasteiger partial charge < -0.3 is 5.11 Å². The predicted octanol–water partition coefficient (Wildman–Crippen LogP) is 13.2. The zero-order valence-corrected chi connectivity index (χ0v) is 34.2. The first-order valence-corrected chi connectivity index (χ1v) is 18.2. The molecule has 6 aromatic carbocycles. The Labute approximate surface area is 359 Å². The maximum Gasteiger partial charge on any atom is 0.148 e. The molecule has 0 fully saturated rings. The number of nitrogens with zero attached hydrogens (tertiary/aromatic N) is 3. The van der Waals surface area contributed by atoms with Crippen LogP contribution in [0.5, 0.6) is 5.75 Å². The average Bonchev–Trinajstić information content (AvgIpc) is 3.64. The molecule has 0 aliphatic carbocycles. The van der Waals surface area contributed by atoms with Crippen molar-refractivity contribution >= 4 is 11.0 Å². The van der Waals surface area contributed by atoms with Crippen LogP contribution in [-0.4, -0.2) is 19.6 Å². The van der Waals surface area contributed by atoms with E-state index < -0.39 is 65.8 Å². The molecule has 4 nitrogen and oxygen atoms in total. The molecule has 8 rings (SSSR count). The molecule has 56 heavy (non-hydrogen) atoms. The molecule has 2 heterocycles. The molecule has 0 spiro atoms. The Morgan fingerprint density at radius 2 is 1.39 bits per heavy atom. The Morgan fingerprint density at radius 3 is 2.11 bits per heavy atom. The Hall–Kier alpha value is -5.57. The number of fused-ring (bicyclic) bond motifs is 1. The Bertz CT molecular complexity index is 3180. The van der Waals surface area contributed by atoms with Crippen molar-refractivity contribution < 1.29 is 39.9 Å². The first-order valence-electron chi connectivity index (χ1n) is 23.2. The second-order valence-electron chi connectivity index (χ2n) is 15.7. The molecular formula is C51H46N3OPt-. The van der Waals surface area contributed by atoms with Gasteiger partial charge in [0, 0.05) is 37.0 Å². The molecule has 5 heteroatoms. The minimum absolute atomic E-state index is 0. The second-order valence-corrected chi connectivity index (χ2v) is 15.7. The predicted molar refractivity (Wildman–Crippen MR) is 229 cm³/mol. The van der Waals surface area contributed by atoms with E-state index in [0.717, 1.165) is 33.5 Å². The summed E-state index contributed by atoms with van der Waals surface area (Å²) in [5.74, 6) is 0.556. The molecule has 282 valence electrons. The third-order valence-corrected chi connectivity index (χ3v) is 9.73. The fraction of sp³-hybridized carbons (Fsp3) is 0.176. The van der Waals surface area contributed by atoms with Gasteiger partial charge in [-0.2, -0.15) is 0 Å². The van der Waals surface area contributed by atoms with Gasteiger partial charge in [-0.1, -0.05) is 149 Å². The normalized spacial score (nSPS) is 14.5. The topological polar surface area (TPSA) is 50.9 Å². The summed E-state index contributed by atoms with van der Waals surface area (Å²) in [6, 6.07) is 32.5. The van der Waals surface area contributed by atoms with E-state index in [2.05, 4.69) is 66.7 Å². The van der Waals surface area contributed by atoms with Gasteiger partial charge >= 0.3 is 0 Å². The minimum atomic E-state index is -2.96. The number of aromatic nitrogens is 3. The smallest absolute Gasteiger partial charge is 0.148 e. The van der Waals surface area contributed by atoms with Crippen molar-refractivity contribution in [2.45, 2.75) is 59.2 Å². The Morgan fingerprint density at radius 1 is 0.679 bits per heavy atom. The summed E-state index contributed by atoms with van der Waals surface area (Å²) in [5.41, 5.74) is 5.69. The van der Waals surface area contributed by atoms with Crippen LogP contribution in [0.2, 0.25) is 0 Å². The largest absolute Gasteiger partial charge is 0.507 e. The van der Waals surface area contributed by atoms with Crippen LogP contribution in [0.3, 0.4) is 0 Å². The minimum Gasteiger partial charge on any atom is -0.507 e. The summed E-state index contributed by atoms with van der Waals surface area (Å²) in [5, 5.41) is 11.4. The first kappa shape index (κ1) is 27.9. The molecule has 0 saturated carbocycles. The number of rotatable bonds is 6. The molecule has 0 radical (unpaired) electrons. The fourth-order valence-electron chi connectivity index (χ4n) is 6.83. The SMILES string of the molecule is [2H]c1nc(-c2[c-]c(-c3cccc4c3nc(-c3ccccc3O)n4-c3ccc(-c4ccccc4)cc3C(C)(C)C)cc(C(C)(C)C)c2)c([2H])c(-c2c([2H])c([2H])c(C([2H])([2H])[2H])c([2H])c2[2H])c1[2H].[Pt]. The van der Waals surface area contributed by atoms with Gasteiger partial charge in [0.25, 0.3) is 0 Å². The molecule has 0 aliphatic heterocycles. The van der Waals surface area contributed by atoms with E-state index in [1.54, 1.807) is 18.2 Å². The zero-order valence-electron chi connectivity index (χ0n) is 41.9. The Kier molecular flexibility index (Phi) is 7.56. The number of aromatic hydroxyl groups is 1. The van der Waals surface area contributed by atoms with E-state index in [9.17, 15) is 6.48 Å². The van der Waals surface area contributed by atoms with Gasteiger partial charge in [0.2, 0.25) is 0 Å². The van der Waals surface area contributed by atoms with Crippen LogP contribution >= 0.6 is 0 Å². The molecule has 0 unspecified atom stereocenters. The van der Waals surface area contributed by atoms with Crippen LogP contribution in [0, 0.1) is 12.9 Å². The van der Waals surface area contributed by atoms with Gasteiger partial charge in [0.05, 0.1) is 31.9 Å². The summed E-state index contributed by atoms with van der Waals surface area (Å²) in [6.07, 6.45) is -0.583. The molecule has 8 aromatic rings. The summed E-state index contributed by atoms with van der Waals surface area (Å²) >= 11 is 0.